The molecule has 0 aliphatic rings. The normalized spacial score (nSPS) is 11.5. The van der Waals surface area contributed by atoms with E-state index in [1.54, 1.807) is 6.20 Å². The van der Waals surface area contributed by atoms with Crippen molar-refractivity contribution in [2.24, 2.45) is 0 Å². The van der Waals surface area contributed by atoms with Crippen LogP contribution in [0, 0.1) is 0 Å². The third-order valence-corrected chi connectivity index (χ3v) is 6.00. The molecule has 1 atom stereocenters. The Kier molecular flexibility index (Phi) is 6.99. The summed E-state index contributed by atoms with van der Waals surface area (Å²) in [5.74, 6) is -0.0671. The van der Waals surface area contributed by atoms with Crippen molar-refractivity contribution in [2.45, 2.75) is 17.1 Å². The van der Waals surface area contributed by atoms with E-state index in [0.29, 0.717) is 10.8 Å². The molecular weight excluding hydrogens is 436 g/mol. The summed E-state index contributed by atoms with van der Waals surface area (Å²) in [5.41, 5.74) is 3.40. The summed E-state index contributed by atoms with van der Waals surface area (Å²) in [7, 11) is 0. The smallest absolute Gasteiger partial charge is 0.237 e. The Morgan fingerprint density at radius 3 is 2.25 bits per heavy atom. The van der Waals surface area contributed by atoms with Gasteiger partial charge in [-0.05, 0) is 67.7 Å². The van der Waals surface area contributed by atoms with Gasteiger partial charge in [0.2, 0.25) is 5.91 Å². The van der Waals surface area contributed by atoms with Gasteiger partial charge in [-0.1, -0.05) is 36.4 Å². The van der Waals surface area contributed by atoms with E-state index in [9.17, 15) is 4.79 Å². The lowest BCUT2D eigenvalue weighted by Crippen LogP contribution is -2.22. The number of carbonyl (C=O) groups is 1. The number of nitrogens with zero attached hydrogens (tertiary/aromatic N) is 1. The first-order valence-electron chi connectivity index (χ1n) is 10.1. The average Bonchev–Trinajstić information content (AvgIpc) is 2.81. The van der Waals surface area contributed by atoms with E-state index in [4.69, 9.17) is 12.2 Å². The van der Waals surface area contributed by atoms with Gasteiger partial charge in [0.1, 0.15) is 0 Å². The van der Waals surface area contributed by atoms with E-state index < -0.39 is 0 Å². The molecule has 1 aromatic heterocycles. The van der Waals surface area contributed by atoms with Gasteiger partial charge >= 0.3 is 0 Å². The molecule has 0 fully saturated rings. The Morgan fingerprint density at radius 1 is 0.844 bits per heavy atom. The van der Waals surface area contributed by atoms with E-state index in [2.05, 4.69) is 20.9 Å². The molecule has 0 spiro atoms. The van der Waals surface area contributed by atoms with E-state index >= 15 is 0 Å². The monoisotopic (exact) mass is 458 g/mol. The molecule has 0 aliphatic carbocycles. The number of benzene rings is 3. The molecule has 7 heteroatoms. The second-order valence-corrected chi connectivity index (χ2v) is 8.96. The molecule has 3 aromatic carbocycles. The lowest BCUT2D eigenvalue weighted by Gasteiger charge is -2.13. The van der Waals surface area contributed by atoms with E-state index in [0.717, 1.165) is 27.2 Å². The molecule has 1 heterocycles. The zero-order valence-electron chi connectivity index (χ0n) is 17.4. The first kappa shape index (κ1) is 21.8. The maximum Gasteiger partial charge on any atom is 0.237 e. The van der Waals surface area contributed by atoms with Gasteiger partial charge in [-0.15, -0.1) is 11.8 Å². The maximum absolute atomic E-state index is 12.6. The van der Waals surface area contributed by atoms with Gasteiger partial charge in [0, 0.05) is 21.7 Å². The quantitative estimate of drug-likeness (QED) is 0.237. The second kappa shape index (κ2) is 10.3. The number of anilines is 3. The zero-order chi connectivity index (χ0) is 22.3. The number of hydrogen-bond donors (Lipinski definition) is 3. The molecule has 0 bridgehead atoms. The zero-order valence-corrected chi connectivity index (χ0v) is 19.0. The number of rotatable bonds is 6. The minimum absolute atomic E-state index is 0.0671. The molecule has 4 rings (SSSR count). The number of aromatic nitrogens is 1. The van der Waals surface area contributed by atoms with Gasteiger partial charge in [-0.3, -0.25) is 9.78 Å². The summed E-state index contributed by atoms with van der Waals surface area (Å²) in [6, 6.07) is 27.4. The van der Waals surface area contributed by atoms with Gasteiger partial charge < -0.3 is 16.0 Å². The SMILES string of the molecule is CC(Sc1ccc(NC(=S)Nc2ccccc2)cc1)C(=O)Nc1cnc2ccccc2c1. The molecule has 5 nitrogen and oxygen atoms in total. The number of nitrogens with one attached hydrogen (secondary N) is 3. The minimum atomic E-state index is -0.263. The molecule has 32 heavy (non-hydrogen) atoms. The lowest BCUT2D eigenvalue weighted by atomic mass is 10.2. The van der Waals surface area contributed by atoms with Crippen LogP contribution in [0.1, 0.15) is 6.92 Å². The minimum Gasteiger partial charge on any atom is -0.332 e. The Labute approximate surface area is 196 Å². The van der Waals surface area contributed by atoms with Crippen molar-refractivity contribution in [1.82, 2.24) is 4.98 Å². The van der Waals surface area contributed by atoms with Crippen LogP contribution in [0.2, 0.25) is 0 Å². The summed E-state index contributed by atoms with van der Waals surface area (Å²) < 4.78 is 0. The van der Waals surface area contributed by atoms with Crippen LogP contribution in [-0.2, 0) is 4.79 Å². The van der Waals surface area contributed by atoms with Crippen LogP contribution in [0.4, 0.5) is 17.1 Å². The molecule has 1 amide bonds. The Bertz CT molecular complexity index is 1230. The highest BCUT2D eigenvalue weighted by atomic mass is 32.2. The van der Waals surface area contributed by atoms with Crippen molar-refractivity contribution in [3.63, 3.8) is 0 Å². The number of fused-ring (bicyclic) bond motifs is 1. The van der Waals surface area contributed by atoms with Crippen LogP contribution in [0.5, 0.6) is 0 Å². The third-order valence-electron chi connectivity index (χ3n) is 4.68. The summed E-state index contributed by atoms with van der Waals surface area (Å²) in [6.07, 6.45) is 1.68. The van der Waals surface area contributed by atoms with E-state index in [1.165, 1.54) is 11.8 Å². The fraction of sp³-hybridized carbons (Fsp3) is 0.0800. The number of thiocarbonyl (C=S) groups is 1. The van der Waals surface area contributed by atoms with Crippen LogP contribution in [0.3, 0.4) is 0 Å². The predicted molar refractivity (Wildman–Crippen MR) is 138 cm³/mol. The number of hydrogen-bond acceptors (Lipinski definition) is 4. The number of amides is 1. The average molecular weight is 459 g/mol. The van der Waals surface area contributed by atoms with Gasteiger partial charge in [0.15, 0.2) is 5.11 Å². The van der Waals surface area contributed by atoms with Crippen LogP contribution in [0.25, 0.3) is 10.9 Å². The summed E-state index contributed by atoms with van der Waals surface area (Å²) in [5, 5.41) is 10.5. The van der Waals surface area contributed by atoms with Crippen molar-refractivity contribution in [2.75, 3.05) is 16.0 Å². The number of para-hydroxylation sites is 2. The van der Waals surface area contributed by atoms with Crippen LogP contribution >= 0.6 is 24.0 Å². The maximum atomic E-state index is 12.6. The Hall–Kier alpha value is -3.42. The largest absolute Gasteiger partial charge is 0.332 e. The first-order valence-corrected chi connectivity index (χ1v) is 11.4. The summed E-state index contributed by atoms with van der Waals surface area (Å²) in [6.45, 7) is 1.89. The van der Waals surface area contributed by atoms with Crippen LogP contribution in [0.15, 0.2) is 96.0 Å². The Morgan fingerprint density at radius 2 is 1.50 bits per heavy atom. The summed E-state index contributed by atoms with van der Waals surface area (Å²) >= 11 is 6.86. The van der Waals surface area contributed by atoms with Gasteiger partial charge in [-0.2, -0.15) is 0 Å². The number of carbonyl (C=O) groups excluding carboxylic acids is 1. The highest BCUT2D eigenvalue weighted by Gasteiger charge is 2.15. The summed E-state index contributed by atoms with van der Waals surface area (Å²) in [4.78, 5) is 18.0. The molecule has 3 N–H and O–H groups in total. The number of thioether (sulfide) groups is 1. The van der Waals surface area contributed by atoms with Gasteiger partial charge in [0.05, 0.1) is 22.7 Å². The van der Waals surface area contributed by atoms with Crippen molar-refractivity contribution in [1.29, 1.82) is 0 Å². The van der Waals surface area contributed by atoms with Crippen LogP contribution in [-0.4, -0.2) is 21.3 Å². The topological polar surface area (TPSA) is 66.0 Å². The van der Waals surface area contributed by atoms with Crippen molar-refractivity contribution < 1.29 is 4.79 Å². The molecule has 160 valence electrons. The van der Waals surface area contributed by atoms with Gasteiger partial charge in [-0.25, -0.2) is 0 Å². The highest BCUT2D eigenvalue weighted by Crippen LogP contribution is 2.26. The highest BCUT2D eigenvalue weighted by molar-refractivity contribution is 8.00. The standard InChI is InChI=1S/C25H22N4OS2/c1-17(24(30)27-21-15-18-7-5-6-10-23(18)26-16-21)32-22-13-11-20(12-14-22)29-25(31)28-19-8-3-2-4-9-19/h2-17H,1H3,(H,27,30)(H2,28,29,31). The molecule has 1 unspecified atom stereocenters. The fourth-order valence-corrected chi connectivity index (χ4v) is 4.18. The van der Waals surface area contributed by atoms with E-state index in [-0.39, 0.29) is 11.2 Å². The fourth-order valence-electron chi connectivity index (χ4n) is 3.07. The van der Waals surface area contributed by atoms with Crippen LogP contribution < -0.4 is 16.0 Å². The molecule has 0 radical (unpaired) electrons. The molecular formula is C25H22N4OS2. The van der Waals surface area contributed by atoms with Crippen molar-refractivity contribution in [3.05, 3.63) is 91.1 Å². The number of pyridine rings is 1. The van der Waals surface area contributed by atoms with Crippen molar-refractivity contribution in [3.8, 4) is 0 Å². The first-order chi connectivity index (χ1) is 15.6. The van der Waals surface area contributed by atoms with E-state index in [1.807, 2.05) is 91.9 Å². The molecule has 0 saturated carbocycles. The van der Waals surface area contributed by atoms with Gasteiger partial charge in [0.25, 0.3) is 0 Å². The second-order valence-electron chi connectivity index (χ2n) is 7.14. The molecule has 4 aromatic rings. The Balaban J connectivity index is 1.31. The lowest BCUT2D eigenvalue weighted by molar-refractivity contribution is -0.115. The van der Waals surface area contributed by atoms with Crippen molar-refractivity contribution >= 4 is 63.0 Å². The molecule has 0 saturated heterocycles. The molecule has 0 aliphatic heterocycles. The predicted octanol–water partition coefficient (Wildman–Crippen LogP) is 6.16. The third kappa shape index (κ3) is 5.84.